The fourth-order valence-electron chi connectivity index (χ4n) is 1.64. The second kappa shape index (κ2) is 6.08. The molecule has 0 amide bonds. The highest BCUT2D eigenvalue weighted by molar-refractivity contribution is 9.10. The molecule has 0 aliphatic carbocycles. The van der Waals surface area contributed by atoms with Gasteiger partial charge in [0.15, 0.2) is 0 Å². The third kappa shape index (κ3) is 3.38. The van der Waals surface area contributed by atoms with Crippen LogP contribution in [0.3, 0.4) is 0 Å². The molecule has 0 aliphatic heterocycles. The van der Waals surface area contributed by atoms with Crippen molar-refractivity contribution in [3.05, 3.63) is 63.6 Å². The topological polar surface area (TPSA) is 23.8 Å². The third-order valence-electron chi connectivity index (χ3n) is 2.55. The second-order valence-corrected chi connectivity index (χ2v) is 5.93. The Bertz CT molecular complexity index is 602. The molecule has 0 aliphatic rings. The molecule has 0 radical (unpaired) electrons. The highest BCUT2D eigenvalue weighted by atomic mass is 79.9. The Hall–Kier alpha value is -1.24. The lowest BCUT2D eigenvalue weighted by Crippen LogP contribution is -1.83. The maximum atomic E-state index is 8.86. The Labute approximate surface area is 120 Å². The summed E-state index contributed by atoms with van der Waals surface area (Å²) >= 11 is 5.19. The zero-order valence-electron chi connectivity index (χ0n) is 9.98. The summed E-state index contributed by atoms with van der Waals surface area (Å²) < 4.78 is 0.860. The van der Waals surface area contributed by atoms with Crippen LogP contribution in [0.5, 0.6) is 0 Å². The summed E-state index contributed by atoms with van der Waals surface area (Å²) in [6, 6.07) is 16.5. The normalized spacial score (nSPS) is 10.1. The molecule has 0 spiro atoms. The van der Waals surface area contributed by atoms with Gasteiger partial charge in [-0.15, -0.1) is 11.8 Å². The molecule has 0 N–H and O–H groups in total. The largest absolute Gasteiger partial charge is 0.192 e. The van der Waals surface area contributed by atoms with E-state index in [0.717, 1.165) is 10.2 Å². The van der Waals surface area contributed by atoms with Crippen molar-refractivity contribution >= 4 is 27.7 Å². The van der Waals surface area contributed by atoms with Gasteiger partial charge in [-0.05, 0) is 46.6 Å². The van der Waals surface area contributed by atoms with E-state index in [4.69, 9.17) is 5.26 Å². The van der Waals surface area contributed by atoms with Gasteiger partial charge in [0.25, 0.3) is 0 Å². The molecule has 0 fully saturated rings. The number of halogens is 1. The molecule has 2 aromatic rings. The number of rotatable bonds is 3. The van der Waals surface area contributed by atoms with E-state index < -0.39 is 0 Å². The highest BCUT2D eigenvalue weighted by Crippen LogP contribution is 2.27. The number of hydrogen-bond acceptors (Lipinski definition) is 2. The van der Waals surface area contributed by atoms with Crippen LogP contribution in [0.2, 0.25) is 0 Å². The van der Waals surface area contributed by atoms with Crippen LogP contribution >= 0.6 is 27.7 Å². The quantitative estimate of drug-likeness (QED) is 0.750. The first-order valence-corrected chi connectivity index (χ1v) is 7.35. The molecule has 0 saturated carbocycles. The van der Waals surface area contributed by atoms with E-state index in [1.54, 1.807) is 11.8 Å². The lowest BCUT2D eigenvalue weighted by molar-refractivity contribution is 1.33. The standard InChI is InChI=1S/C15H12BrNS/c1-11-3-2-4-12(7-11)10-18-14-6-5-13(9-17)15(16)8-14/h2-8H,10H2,1H3. The third-order valence-corrected chi connectivity index (χ3v) is 4.27. The fourth-order valence-corrected chi connectivity index (χ4v) is 3.14. The van der Waals surface area contributed by atoms with Gasteiger partial charge in [0.05, 0.1) is 5.56 Å². The second-order valence-electron chi connectivity index (χ2n) is 4.03. The molecule has 90 valence electrons. The van der Waals surface area contributed by atoms with Gasteiger partial charge >= 0.3 is 0 Å². The lowest BCUT2D eigenvalue weighted by atomic mass is 10.2. The van der Waals surface area contributed by atoms with Crippen LogP contribution in [-0.4, -0.2) is 0 Å². The van der Waals surface area contributed by atoms with Crippen LogP contribution in [-0.2, 0) is 5.75 Å². The molecule has 0 heterocycles. The van der Waals surface area contributed by atoms with Gasteiger partial charge in [0.2, 0.25) is 0 Å². The summed E-state index contributed by atoms with van der Waals surface area (Å²) in [7, 11) is 0. The molecule has 2 aromatic carbocycles. The molecule has 18 heavy (non-hydrogen) atoms. The number of nitriles is 1. The number of hydrogen-bond donors (Lipinski definition) is 0. The maximum absolute atomic E-state index is 8.86. The number of aryl methyl sites for hydroxylation is 1. The minimum absolute atomic E-state index is 0.676. The average molecular weight is 318 g/mol. The van der Waals surface area contributed by atoms with Crippen molar-refractivity contribution in [1.29, 1.82) is 5.26 Å². The van der Waals surface area contributed by atoms with Crippen LogP contribution in [0.25, 0.3) is 0 Å². The Kier molecular flexibility index (Phi) is 4.46. The summed E-state index contributed by atoms with van der Waals surface area (Å²) in [4.78, 5) is 1.17. The lowest BCUT2D eigenvalue weighted by Gasteiger charge is -2.04. The van der Waals surface area contributed by atoms with Crippen LogP contribution in [0.1, 0.15) is 16.7 Å². The minimum Gasteiger partial charge on any atom is -0.192 e. The van der Waals surface area contributed by atoms with E-state index in [2.05, 4.69) is 53.2 Å². The molecule has 0 atom stereocenters. The monoisotopic (exact) mass is 317 g/mol. The first-order chi connectivity index (χ1) is 8.69. The molecule has 0 bridgehead atoms. The molecular formula is C15H12BrNS. The van der Waals surface area contributed by atoms with Gasteiger partial charge in [-0.3, -0.25) is 0 Å². The highest BCUT2D eigenvalue weighted by Gasteiger charge is 2.02. The number of nitrogens with zero attached hydrogens (tertiary/aromatic N) is 1. The van der Waals surface area contributed by atoms with Crippen molar-refractivity contribution in [3.8, 4) is 6.07 Å². The van der Waals surface area contributed by atoms with Crippen molar-refractivity contribution in [2.45, 2.75) is 17.6 Å². The average Bonchev–Trinajstić information content (AvgIpc) is 2.37. The van der Waals surface area contributed by atoms with Crippen molar-refractivity contribution in [2.24, 2.45) is 0 Å². The first-order valence-electron chi connectivity index (χ1n) is 5.57. The van der Waals surface area contributed by atoms with E-state index in [0.29, 0.717) is 5.56 Å². The molecule has 3 heteroatoms. The molecule has 0 saturated heterocycles. The zero-order valence-corrected chi connectivity index (χ0v) is 12.4. The minimum atomic E-state index is 0.676. The first kappa shape index (κ1) is 13.2. The van der Waals surface area contributed by atoms with Gasteiger partial charge in [-0.1, -0.05) is 29.8 Å². The SMILES string of the molecule is Cc1cccc(CSc2ccc(C#N)c(Br)c2)c1. The van der Waals surface area contributed by atoms with Crippen molar-refractivity contribution in [3.63, 3.8) is 0 Å². The van der Waals surface area contributed by atoms with E-state index >= 15 is 0 Å². The molecule has 0 unspecified atom stereocenters. The van der Waals surface area contributed by atoms with Crippen molar-refractivity contribution in [1.82, 2.24) is 0 Å². The van der Waals surface area contributed by atoms with Crippen LogP contribution in [0.4, 0.5) is 0 Å². The van der Waals surface area contributed by atoms with E-state index in [1.807, 2.05) is 18.2 Å². The Morgan fingerprint density at radius 3 is 2.72 bits per heavy atom. The van der Waals surface area contributed by atoms with E-state index in [1.165, 1.54) is 16.0 Å². The predicted octanol–water partition coefficient (Wildman–Crippen LogP) is 4.92. The van der Waals surface area contributed by atoms with Gasteiger partial charge < -0.3 is 0 Å². The molecule has 2 rings (SSSR count). The van der Waals surface area contributed by atoms with Gasteiger partial charge in [0, 0.05) is 15.1 Å². The smallest absolute Gasteiger partial charge is 0.100 e. The maximum Gasteiger partial charge on any atom is 0.100 e. The van der Waals surface area contributed by atoms with Gasteiger partial charge in [-0.25, -0.2) is 0 Å². The van der Waals surface area contributed by atoms with E-state index in [9.17, 15) is 0 Å². The van der Waals surface area contributed by atoms with Gasteiger partial charge in [-0.2, -0.15) is 5.26 Å². The Morgan fingerprint density at radius 2 is 2.06 bits per heavy atom. The zero-order chi connectivity index (χ0) is 13.0. The Morgan fingerprint density at radius 1 is 1.22 bits per heavy atom. The van der Waals surface area contributed by atoms with Gasteiger partial charge in [0.1, 0.15) is 6.07 Å². The van der Waals surface area contributed by atoms with E-state index in [-0.39, 0.29) is 0 Å². The summed E-state index contributed by atoms with van der Waals surface area (Å²) in [6.45, 7) is 2.10. The predicted molar refractivity (Wildman–Crippen MR) is 79.6 cm³/mol. The fraction of sp³-hybridized carbons (Fsp3) is 0.133. The van der Waals surface area contributed by atoms with Crippen molar-refractivity contribution in [2.75, 3.05) is 0 Å². The summed E-state index contributed by atoms with van der Waals surface area (Å²) in [5.74, 6) is 0.944. The molecule has 1 nitrogen and oxygen atoms in total. The summed E-state index contributed by atoms with van der Waals surface area (Å²) in [5.41, 5.74) is 3.28. The van der Waals surface area contributed by atoms with Crippen LogP contribution in [0.15, 0.2) is 51.8 Å². The van der Waals surface area contributed by atoms with Crippen LogP contribution < -0.4 is 0 Å². The summed E-state index contributed by atoms with van der Waals surface area (Å²) in [6.07, 6.45) is 0. The summed E-state index contributed by atoms with van der Waals surface area (Å²) in [5, 5.41) is 8.86. The number of thioether (sulfide) groups is 1. The molecule has 0 aromatic heterocycles. The van der Waals surface area contributed by atoms with Crippen LogP contribution in [0, 0.1) is 18.3 Å². The Balaban J connectivity index is 2.07. The number of benzene rings is 2. The molecular weight excluding hydrogens is 306 g/mol. The van der Waals surface area contributed by atoms with Crippen molar-refractivity contribution < 1.29 is 0 Å².